The Bertz CT molecular complexity index is 414. The number of carbonyl (C=O) groups excluding carboxylic acids is 1. The van der Waals surface area contributed by atoms with Gasteiger partial charge in [-0.05, 0) is 23.5 Å². The van der Waals surface area contributed by atoms with Crippen LogP contribution in [0.1, 0.15) is 38.2 Å². The third-order valence-electron chi connectivity index (χ3n) is 3.47. The molecule has 0 aliphatic carbocycles. The number of carbonyl (C=O) groups is 1. The Morgan fingerprint density at radius 3 is 2.72 bits per heavy atom. The van der Waals surface area contributed by atoms with Gasteiger partial charge in [-0.2, -0.15) is 0 Å². The lowest BCUT2D eigenvalue weighted by Crippen LogP contribution is -2.28. The molecule has 4 heteroatoms. The van der Waals surface area contributed by atoms with E-state index in [1.165, 1.54) is 7.11 Å². The minimum Gasteiger partial charge on any atom is -0.464 e. The fourth-order valence-corrected chi connectivity index (χ4v) is 1.29. The smallest absolute Gasteiger partial charge is 0.356 e. The molecule has 1 rings (SSSR count). The summed E-state index contributed by atoms with van der Waals surface area (Å²) >= 11 is 0. The van der Waals surface area contributed by atoms with Crippen molar-refractivity contribution in [1.29, 1.82) is 0 Å². The van der Waals surface area contributed by atoms with E-state index in [1.54, 1.807) is 12.3 Å². The number of nitrogens with zero attached hydrogens (tertiary/aromatic N) is 1. The second-order valence-corrected chi connectivity index (χ2v) is 5.42. The van der Waals surface area contributed by atoms with Crippen LogP contribution in [0.4, 0.5) is 5.69 Å². The highest BCUT2D eigenvalue weighted by molar-refractivity contribution is 5.88. The SMILES string of the molecule is COC(=O)c1cc(NCC(C)(C)C(C)C)ccn1. The summed E-state index contributed by atoms with van der Waals surface area (Å²) in [5.41, 5.74) is 1.40. The van der Waals surface area contributed by atoms with E-state index in [2.05, 4.69) is 42.7 Å². The van der Waals surface area contributed by atoms with Crippen LogP contribution in [0.2, 0.25) is 0 Å². The quantitative estimate of drug-likeness (QED) is 0.816. The van der Waals surface area contributed by atoms with Crippen molar-refractivity contribution in [1.82, 2.24) is 4.98 Å². The summed E-state index contributed by atoms with van der Waals surface area (Å²) in [6.07, 6.45) is 1.61. The molecule has 0 bridgehead atoms. The van der Waals surface area contributed by atoms with E-state index < -0.39 is 5.97 Å². The molecule has 0 unspecified atom stereocenters. The van der Waals surface area contributed by atoms with Gasteiger partial charge in [-0.15, -0.1) is 0 Å². The van der Waals surface area contributed by atoms with Crippen LogP contribution in [0.3, 0.4) is 0 Å². The van der Waals surface area contributed by atoms with Crippen LogP contribution >= 0.6 is 0 Å². The summed E-state index contributed by atoms with van der Waals surface area (Å²) in [7, 11) is 1.35. The maximum absolute atomic E-state index is 11.4. The lowest BCUT2D eigenvalue weighted by Gasteiger charge is -2.29. The average Bonchev–Trinajstić information content (AvgIpc) is 2.35. The zero-order valence-electron chi connectivity index (χ0n) is 11.8. The summed E-state index contributed by atoms with van der Waals surface area (Å²) in [5.74, 6) is 0.161. The van der Waals surface area contributed by atoms with Crippen LogP contribution in [-0.4, -0.2) is 24.6 Å². The second kappa shape index (κ2) is 5.85. The molecule has 18 heavy (non-hydrogen) atoms. The molecule has 0 saturated heterocycles. The van der Waals surface area contributed by atoms with Crippen molar-refractivity contribution in [2.24, 2.45) is 11.3 Å². The predicted molar refractivity (Wildman–Crippen MR) is 72.7 cm³/mol. The van der Waals surface area contributed by atoms with E-state index >= 15 is 0 Å². The van der Waals surface area contributed by atoms with Crippen molar-refractivity contribution in [3.05, 3.63) is 24.0 Å². The van der Waals surface area contributed by atoms with Crippen LogP contribution in [0, 0.1) is 11.3 Å². The highest BCUT2D eigenvalue weighted by Crippen LogP contribution is 2.26. The Labute approximate surface area is 109 Å². The standard InChI is InChI=1S/C14H22N2O2/c1-10(2)14(3,4)9-16-11-6-7-15-12(8-11)13(17)18-5/h6-8,10H,9H2,1-5H3,(H,15,16). The molecule has 1 aromatic rings. The molecule has 0 saturated carbocycles. The van der Waals surface area contributed by atoms with Gasteiger partial charge in [0.1, 0.15) is 5.69 Å². The largest absolute Gasteiger partial charge is 0.464 e. The summed E-state index contributed by atoms with van der Waals surface area (Å²) in [6, 6.07) is 3.56. The van der Waals surface area contributed by atoms with Crippen LogP contribution < -0.4 is 5.32 Å². The number of rotatable bonds is 5. The monoisotopic (exact) mass is 250 g/mol. The summed E-state index contributed by atoms with van der Waals surface area (Å²) in [4.78, 5) is 15.3. The van der Waals surface area contributed by atoms with Gasteiger partial charge in [0, 0.05) is 18.4 Å². The number of nitrogens with one attached hydrogen (secondary N) is 1. The van der Waals surface area contributed by atoms with Crippen molar-refractivity contribution < 1.29 is 9.53 Å². The number of methoxy groups -OCH3 is 1. The molecule has 0 spiro atoms. The van der Waals surface area contributed by atoms with E-state index in [1.807, 2.05) is 6.07 Å². The third-order valence-corrected chi connectivity index (χ3v) is 3.47. The first-order chi connectivity index (χ1) is 8.36. The minimum absolute atomic E-state index is 0.189. The zero-order valence-corrected chi connectivity index (χ0v) is 11.8. The molecule has 0 radical (unpaired) electrons. The van der Waals surface area contributed by atoms with Gasteiger partial charge in [-0.1, -0.05) is 27.7 Å². The van der Waals surface area contributed by atoms with E-state index in [4.69, 9.17) is 0 Å². The first-order valence-electron chi connectivity index (χ1n) is 6.15. The number of pyridine rings is 1. The molecule has 100 valence electrons. The molecule has 0 fully saturated rings. The maximum Gasteiger partial charge on any atom is 0.356 e. The highest BCUT2D eigenvalue weighted by atomic mass is 16.5. The van der Waals surface area contributed by atoms with Gasteiger partial charge in [0.25, 0.3) is 0 Å². The first-order valence-corrected chi connectivity index (χ1v) is 6.15. The molecule has 1 heterocycles. The lowest BCUT2D eigenvalue weighted by atomic mass is 9.81. The van der Waals surface area contributed by atoms with E-state index in [0.717, 1.165) is 12.2 Å². The van der Waals surface area contributed by atoms with Crippen LogP contribution in [-0.2, 0) is 4.74 Å². The van der Waals surface area contributed by atoms with Crippen molar-refractivity contribution in [3.63, 3.8) is 0 Å². The minimum atomic E-state index is -0.415. The normalized spacial score (nSPS) is 11.4. The third kappa shape index (κ3) is 3.72. The zero-order chi connectivity index (χ0) is 13.8. The van der Waals surface area contributed by atoms with Crippen molar-refractivity contribution in [2.45, 2.75) is 27.7 Å². The molecular weight excluding hydrogens is 228 g/mol. The van der Waals surface area contributed by atoms with Gasteiger partial charge in [0.2, 0.25) is 0 Å². The molecule has 4 nitrogen and oxygen atoms in total. The van der Waals surface area contributed by atoms with Crippen molar-refractivity contribution in [2.75, 3.05) is 19.0 Å². The Morgan fingerprint density at radius 2 is 2.17 bits per heavy atom. The molecule has 1 N–H and O–H groups in total. The Balaban J connectivity index is 2.72. The number of aromatic nitrogens is 1. The van der Waals surface area contributed by atoms with E-state index in [0.29, 0.717) is 11.6 Å². The number of anilines is 1. The van der Waals surface area contributed by atoms with Crippen LogP contribution in [0.25, 0.3) is 0 Å². The first kappa shape index (κ1) is 14.5. The second-order valence-electron chi connectivity index (χ2n) is 5.42. The van der Waals surface area contributed by atoms with Gasteiger partial charge in [-0.25, -0.2) is 9.78 Å². The van der Waals surface area contributed by atoms with Crippen LogP contribution in [0.15, 0.2) is 18.3 Å². The molecule has 1 aromatic heterocycles. The fourth-order valence-electron chi connectivity index (χ4n) is 1.29. The van der Waals surface area contributed by atoms with Crippen molar-refractivity contribution >= 4 is 11.7 Å². The van der Waals surface area contributed by atoms with Gasteiger partial charge in [-0.3, -0.25) is 0 Å². The number of esters is 1. The maximum atomic E-state index is 11.4. The predicted octanol–water partition coefficient (Wildman–Crippen LogP) is 2.96. The molecule has 0 aliphatic heterocycles. The molecular formula is C14H22N2O2. The summed E-state index contributed by atoms with van der Waals surface area (Å²) in [6.45, 7) is 9.68. The van der Waals surface area contributed by atoms with Gasteiger partial charge in [0.15, 0.2) is 0 Å². The Hall–Kier alpha value is -1.58. The van der Waals surface area contributed by atoms with Gasteiger partial charge in [0.05, 0.1) is 7.11 Å². The van der Waals surface area contributed by atoms with Crippen LogP contribution in [0.5, 0.6) is 0 Å². The fraction of sp³-hybridized carbons (Fsp3) is 0.571. The Kier molecular flexibility index (Phi) is 4.70. The average molecular weight is 250 g/mol. The summed E-state index contributed by atoms with van der Waals surface area (Å²) in [5, 5.41) is 3.34. The van der Waals surface area contributed by atoms with Gasteiger partial charge < -0.3 is 10.1 Å². The molecule has 0 aromatic carbocycles. The highest BCUT2D eigenvalue weighted by Gasteiger charge is 2.21. The van der Waals surface area contributed by atoms with E-state index in [-0.39, 0.29) is 5.41 Å². The summed E-state index contributed by atoms with van der Waals surface area (Å²) < 4.78 is 4.65. The number of ether oxygens (including phenoxy) is 1. The molecule has 0 aliphatic rings. The Morgan fingerprint density at radius 1 is 1.50 bits per heavy atom. The van der Waals surface area contributed by atoms with Crippen molar-refractivity contribution in [3.8, 4) is 0 Å². The topological polar surface area (TPSA) is 51.2 Å². The number of hydrogen-bond acceptors (Lipinski definition) is 4. The van der Waals surface area contributed by atoms with E-state index in [9.17, 15) is 4.79 Å². The molecule has 0 amide bonds. The number of hydrogen-bond donors (Lipinski definition) is 1. The van der Waals surface area contributed by atoms with Gasteiger partial charge >= 0.3 is 5.97 Å². The lowest BCUT2D eigenvalue weighted by molar-refractivity contribution is 0.0594. The molecule has 0 atom stereocenters.